The Morgan fingerprint density at radius 3 is 2.57 bits per heavy atom. The molecule has 30 heavy (non-hydrogen) atoms. The molecule has 1 aromatic heterocycles. The Kier molecular flexibility index (Phi) is 5.44. The van der Waals surface area contributed by atoms with Crippen LogP contribution in [0, 0.1) is 5.82 Å². The monoisotopic (exact) mass is 426 g/mol. The lowest BCUT2D eigenvalue weighted by molar-refractivity contribution is -0.154. The number of aromatic nitrogens is 2. The van der Waals surface area contributed by atoms with Crippen LogP contribution in [0.4, 0.5) is 29.3 Å². The highest BCUT2D eigenvalue weighted by Gasteiger charge is 2.48. The van der Waals surface area contributed by atoms with E-state index in [1.165, 1.54) is 28.8 Å². The third-order valence-corrected chi connectivity index (χ3v) is 5.63. The molecule has 0 radical (unpaired) electrons. The number of ether oxygens (including phenoxy) is 1. The van der Waals surface area contributed by atoms with Crippen molar-refractivity contribution in [3.05, 3.63) is 52.1 Å². The molecular formula is C20H22F4N4O2. The Hall–Kier alpha value is -2.62. The minimum Gasteiger partial charge on any atom is -0.378 e. The maximum Gasteiger partial charge on any atom is 0.408 e. The third kappa shape index (κ3) is 3.88. The van der Waals surface area contributed by atoms with E-state index < -0.39 is 29.6 Å². The average Bonchev–Trinajstić information content (AvgIpc) is 2.72. The van der Waals surface area contributed by atoms with E-state index in [1.807, 2.05) is 4.90 Å². The van der Waals surface area contributed by atoms with Crippen molar-refractivity contribution in [2.45, 2.75) is 38.1 Å². The molecule has 2 aliphatic rings. The number of halogens is 4. The predicted molar refractivity (Wildman–Crippen MR) is 103 cm³/mol. The minimum atomic E-state index is -4.53. The second-order valence-corrected chi connectivity index (χ2v) is 7.49. The number of morpholine rings is 1. The van der Waals surface area contributed by atoms with Crippen LogP contribution in [0.25, 0.3) is 0 Å². The zero-order valence-electron chi connectivity index (χ0n) is 16.4. The second kappa shape index (κ2) is 7.90. The van der Waals surface area contributed by atoms with Crippen molar-refractivity contribution in [3.8, 4) is 0 Å². The quantitative estimate of drug-likeness (QED) is 0.706. The molecule has 0 spiro atoms. The molecule has 1 saturated heterocycles. The number of alkyl halides is 3. The maximum atomic E-state index is 13.9. The topological polar surface area (TPSA) is 50.6 Å². The van der Waals surface area contributed by atoms with Gasteiger partial charge in [0.2, 0.25) is 5.95 Å². The van der Waals surface area contributed by atoms with Crippen LogP contribution in [0.2, 0.25) is 0 Å². The van der Waals surface area contributed by atoms with E-state index in [0.717, 1.165) is 4.90 Å². The van der Waals surface area contributed by atoms with Crippen LogP contribution >= 0.6 is 0 Å². The molecule has 1 unspecified atom stereocenters. The van der Waals surface area contributed by atoms with Gasteiger partial charge in [-0.2, -0.15) is 18.2 Å². The van der Waals surface area contributed by atoms with Gasteiger partial charge in [-0.3, -0.25) is 9.36 Å². The van der Waals surface area contributed by atoms with Gasteiger partial charge in [0.15, 0.2) is 0 Å². The van der Waals surface area contributed by atoms with Crippen molar-refractivity contribution in [2.75, 3.05) is 36.1 Å². The minimum absolute atomic E-state index is 0.0469. The molecule has 0 N–H and O–H groups in total. The van der Waals surface area contributed by atoms with Crippen LogP contribution in [-0.2, 0) is 11.3 Å². The summed E-state index contributed by atoms with van der Waals surface area (Å²) >= 11 is 0. The third-order valence-electron chi connectivity index (χ3n) is 5.63. The molecule has 2 aliphatic heterocycles. The van der Waals surface area contributed by atoms with Gasteiger partial charge in [0.05, 0.1) is 19.3 Å². The zero-order valence-corrected chi connectivity index (χ0v) is 16.4. The molecular weight excluding hydrogens is 404 g/mol. The summed E-state index contributed by atoms with van der Waals surface area (Å²) < 4.78 is 62.2. The Morgan fingerprint density at radius 1 is 1.17 bits per heavy atom. The Labute approximate surface area is 170 Å². The van der Waals surface area contributed by atoms with Crippen molar-refractivity contribution in [2.24, 2.45) is 0 Å². The number of benzene rings is 1. The van der Waals surface area contributed by atoms with E-state index in [-0.39, 0.29) is 18.9 Å². The van der Waals surface area contributed by atoms with E-state index >= 15 is 0 Å². The molecule has 1 fully saturated rings. The number of fused-ring (bicyclic) bond motifs is 1. The summed E-state index contributed by atoms with van der Waals surface area (Å²) in [5.74, 6) is -0.254. The average molecular weight is 426 g/mol. The zero-order chi connectivity index (χ0) is 21.5. The Bertz CT molecular complexity index is 972. The van der Waals surface area contributed by atoms with E-state index in [2.05, 4.69) is 4.98 Å². The number of hydrogen-bond acceptors (Lipinski definition) is 5. The van der Waals surface area contributed by atoms with E-state index in [0.29, 0.717) is 37.7 Å². The van der Waals surface area contributed by atoms with E-state index in [4.69, 9.17) is 4.74 Å². The number of rotatable bonds is 3. The number of hydrogen-bond donors (Lipinski definition) is 0. The fourth-order valence-electron chi connectivity index (χ4n) is 4.07. The first kappa shape index (κ1) is 20.6. The summed E-state index contributed by atoms with van der Waals surface area (Å²) in [6.45, 7) is 3.39. The Balaban J connectivity index is 1.83. The van der Waals surface area contributed by atoms with Crippen molar-refractivity contribution in [3.63, 3.8) is 0 Å². The molecule has 162 valence electrons. The normalized spacial score (nSPS) is 20.8. The van der Waals surface area contributed by atoms with Crippen LogP contribution in [-0.4, -0.2) is 48.1 Å². The maximum absolute atomic E-state index is 13.9. The van der Waals surface area contributed by atoms with Gasteiger partial charge in [-0.15, -0.1) is 0 Å². The van der Waals surface area contributed by atoms with Gasteiger partial charge in [0.25, 0.3) is 5.56 Å². The standard InChI is InChI=1S/C20H22F4N4O2/c1-13(14-3-2-4-15(21)11-14)28-16(20(22,23)24)5-6-27-18(29)12-17(25-19(27)28)26-7-9-30-10-8-26/h2-4,11-13,16H,5-10H2,1H3/t13?,16-/m0/s1. The lowest BCUT2D eigenvalue weighted by atomic mass is 10.0. The SMILES string of the molecule is CC(c1cccc(F)c1)N1c2nc(N3CCOCC3)cc(=O)n2CC[C@H]1C(F)(F)F. The van der Waals surface area contributed by atoms with Crippen LogP contribution < -0.4 is 15.4 Å². The van der Waals surface area contributed by atoms with Gasteiger partial charge in [0.1, 0.15) is 17.7 Å². The van der Waals surface area contributed by atoms with Gasteiger partial charge >= 0.3 is 6.18 Å². The van der Waals surface area contributed by atoms with Crippen LogP contribution in [0.5, 0.6) is 0 Å². The summed E-state index contributed by atoms with van der Waals surface area (Å²) in [4.78, 5) is 20.1. The number of nitrogens with zero attached hydrogens (tertiary/aromatic N) is 4. The predicted octanol–water partition coefficient (Wildman–Crippen LogP) is 3.12. The largest absolute Gasteiger partial charge is 0.408 e. The van der Waals surface area contributed by atoms with Crippen molar-refractivity contribution >= 4 is 11.8 Å². The van der Waals surface area contributed by atoms with Gasteiger partial charge in [0, 0.05) is 25.7 Å². The van der Waals surface area contributed by atoms with Crippen molar-refractivity contribution in [1.82, 2.24) is 9.55 Å². The molecule has 10 heteroatoms. The first-order valence-electron chi connectivity index (χ1n) is 9.81. The molecule has 0 bridgehead atoms. The highest BCUT2D eigenvalue weighted by atomic mass is 19.4. The summed E-state index contributed by atoms with van der Waals surface area (Å²) in [6, 6.07) is 4.16. The molecule has 4 rings (SSSR count). The van der Waals surface area contributed by atoms with Gasteiger partial charge in [-0.1, -0.05) is 12.1 Å². The molecule has 2 aromatic rings. The van der Waals surface area contributed by atoms with Crippen LogP contribution in [0.1, 0.15) is 24.9 Å². The van der Waals surface area contributed by atoms with Gasteiger partial charge in [-0.25, -0.2) is 4.39 Å². The van der Waals surface area contributed by atoms with Crippen molar-refractivity contribution < 1.29 is 22.3 Å². The fraction of sp³-hybridized carbons (Fsp3) is 0.500. The highest BCUT2D eigenvalue weighted by molar-refractivity contribution is 5.48. The summed E-state index contributed by atoms with van der Waals surface area (Å²) in [7, 11) is 0. The molecule has 2 atom stereocenters. The first-order valence-corrected chi connectivity index (χ1v) is 9.81. The summed E-state index contributed by atoms with van der Waals surface area (Å²) in [5, 5.41) is 0. The highest BCUT2D eigenvalue weighted by Crippen LogP contribution is 2.39. The molecule has 0 aliphatic carbocycles. The first-order chi connectivity index (χ1) is 14.3. The second-order valence-electron chi connectivity index (χ2n) is 7.49. The van der Waals surface area contributed by atoms with Crippen LogP contribution in [0.15, 0.2) is 35.1 Å². The van der Waals surface area contributed by atoms with Crippen LogP contribution in [0.3, 0.4) is 0 Å². The summed E-state index contributed by atoms with van der Waals surface area (Å²) in [6.07, 6.45) is -4.81. The molecule has 0 amide bonds. The molecule has 1 aromatic carbocycles. The Morgan fingerprint density at radius 2 is 1.90 bits per heavy atom. The van der Waals surface area contributed by atoms with E-state index in [1.54, 1.807) is 13.0 Å². The molecule has 6 nitrogen and oxygen atoms in total. The lowest BCUT2D eigenvalue weighted by Gasteiger charge is -2.43. The molecule has 0 saturated carbocycles. The smallest absolute Gasteiger partial charge is 0.378 e. The number of anilines is 2. The fourth-order valence-corrected chi connectivity index (χ4v) is 4.07. The van der Waals surface area contributed by atoms with Crippen molar-refractivity contribution in [1.29, 1.82) is 0 Å². The lowest BCUT2D eigenvalue weighted by Crippen LogP contribution is -2.53. The van der Waals surface area contributed by atoms with E-state index in [9.17, 15) is 22.4 Å². The summed E-state index contributed by atoms with van der Waals surface area (Å²) in [5.41, 5.74) is -0.0257. The molecule has 3 heterocycles. The van der Waals surface area contributed by atoms with Gasteiger partial charge in [-0.05, 0) is 31.0 Å². The van der Waals surface area contributed by atoms with Gasteiger partial charge < -0.3 is 14.5 Å².